The fourth-order valence-electron chi connectivity index (χ4n) is 9.49. The molecule has 2 aromatic carbocycles. The monoisotopic (exact) mass is 714 g/mol. The van der Waals surface area contributed by atoms with Gasteiger partial charge in [0.15, 0.2) is 10.8 Å². The Morgan fingerprint density at radius 1 is 1.04 bits per heavy atom. The molecule has 8 rings (SSSR count). The Labute approximate surface area is 307 Å². The predicted molar refractivity (Wildman–Crippen MR) is 202 cm³/mol. The number of carboxylic acids is 1. The van der Waals surface area contributed by atoms with Gasteiger partial charge >= 0.3 is 5.97 Å². The predicted octanol–water partition coefficient (Wildman–Crippen LogP) is 8.23. The molecule has 2 fully saturated rings. The molecule has 3 aromatic heterocycles. The van der Waals surface area contributed by atoms with Gasteiger partial charge in [0.2, 0.25) is 0 Å². The lowest BCUT2D eigenvalue weighted by atomic mass is 9.68. The number of thiazole rings is 1. The molecule has 0 radical (unpaired) electrons. The largest absolute Gasteiger partial charge is 0.476 e. The zero-order chi connectivity index (χ0) is 36.4. The van der Waals surface area contributed by atoms with Crippen molar-refractivity contribution in [2.24, 2.45) is 11.8 Å². The number of hydrogen-bond donors (Lipinski definition) is 2. The summed E-state index contributed by atoms with van der Waals surface area (Å²) in [7, 11) is 0. The normalized spacial score (nSPS) is 23.9. The van der Waals surface area contributed by atoms with E-state index >= 15 is 0 Å². The maximum absolute atomic E-state index is 13.6. The highest BCUT2D eigenvalue weighted by molar-refractivity contribution is 7.22. The number of anilines is 2. The van der Waals surface area contributed by atoms with E-state index in [0.717, 1.165) is 52.7 Å². The summed E-state index contributed by atoms with van der Waals surface area (Å²) in [5, 5.41) is 24.3. The maximum Gasteiger partial charge on any atom is 0.355 e. The fourth-order valence-corrected chi connectivity index (χ4v) is 10.4. The van der Waals surface area contributed by atoms with E-state index in [1.807, 2.05) is 64.9 Å². The number of benzene rings is 2. The van der Waals surface area contributed by atoms with E-state index < -0.39 is 5.97 Å². The molecule has 2 N–H and O–H groups in total. The van der Waals surface area contributed by atoms with Gasteiger partial charge in [-0.1, -0.05) is 49.4 Å². The first-order chi connectivity index (χ1) is 24.9. The van der Waals surface area contributed by atoms with Crippen molar-refractivity contribution in [3.63, 3.8) is 0 Å². The van der Waals surface area contributed by atoms with Crippen LogP contribution in [0.3, 0.4) is 0 Å². The molecule has 2 saturated heterocycles. The van der Waals surface area contributed by atoms with Gasteiger partial charge in [0, 0.05) is 35.5 Å². The highest BCUT2D eigenvalue weighted by Gasteiger charge is 2.51. The zero-order valence-corrected chi connectivity index (χ0v) is 30.7. The number of aromatic nitrogens is 3. The molecule has 2 atom stereocenters. The van der Waals surface area contributed by atoms with Crippen molar-refractivity contribution >= 4 is 44.4 Å². The first-order valence-electron chi connectivity index (χ1n) is 18.0. The molecular weight excluding hydrogens is 673 g/mol. The Morgan fingerprint density at radius 3 is 2.54 bits per heavy atom. The van der Waals surface area contributed by atoms with Gasteiger partial charge in [0.25, 0.3) is 5.91 Å². The van der Waals surface area contributed by atoms with Gasteiger partial charge in [-0.2, -0.15) is 5.26 Å². The van der Waals surface area contributed by atoms with Crippen molar-refractivity contribution in [2.45, 2.75) is 84.1 Å². The number of pyridine rings is 1. The number of nitriles is 1. The minimum atomic E-state index is -1.14. The lowest BCUT2D eigenvalue weighted by Crippen LogP contribution is -2.57. The van der Waals surface area contributed by atoms with Crippen LogP contribution in [0, 0.1) is 30.1 Å². The lowest BCUT2D eigenvalue weighted by Gasteiger charge is -2.55. The molecule has 52 heavy (non-hydrogen) atoms. The van der Waals surface area contributed by atoms with E-state index in [1.165, 1.54) is 11.3 Å². The average molecular weight is 715 g/mol. The van der Waals surface area contributed by atoms with Crippen LogP contribution in [0.4, 0.5) is 10.9 Å². The molecule has 1 amide bonds. The molecule has 3 aliphatic rings. The third-order valence-electron chi connectivity index (χ3n) is 11.1. The number of rotatable bonds is 7. The summed E-state index contributed by atoms with van der Waals surface area (Å²) < 4.78 is 9.90. The van der Waals surface area contributed by atoms with Crippen LogP contribution in [0.5, 0.6) is 0 Å². The lowest BCUT2D eigenvalue weighted by molar-refractivity contribution is -0.242. The van der Waals surface area contributed by atoms with Crippen molar-refractivity contribution in [3.05, 3.63) is 94.4 Å². The number of nitrogens with one attached hydrogen (secondary N) is 1. The van der Waals surface area contributed by atoms with Crippen LogP contribution in [-0.2, 0) is 24.2 Å². The molecule has 2 unspecified atom stereocenters. The number of amides is 1. The molecular formula is C41H42N6O4S. The Hall–Kier alpha value is -5.05. The SMILES string of the molecule is Cc1c(-c2ccc(N3CCc4cccc(C(=O)Nc5nc6ccccc6s5)c4C3)nc2C(=O)O)cc(C#N)n1CC12CC(C)CC(C)(CC(C)C1)O2. The van der Waals surface area contributed by atoms with Crippen molar-refractivity contribution < 1.29 is 19.4 Å². The quantitative estimate of drug-likeness (QED) is 0.172. The highest BCUT2D eigenvalue weighted by atomic mass is 32.1. The molecule has 266 valence electrons. The van der Waals surface area contributed by atoms with Crippen molar-refractivity contribution in [2.75, 3.05) is 16.8 Å². The third kappa shape index (κ3) is 6.14. The molecule has 5 aromatic rings. The van der Waals surface area contributed by atoms with E-state index in [1.54, 1.807) is 12.1 Å². The Bertz CT molecular complexity index is 2240. The fraction of sp³-hybridized carbons (Fsp3) is 0.390. The van der Waals surface area contributed by atoms with Crippen molar-refractivity contribution in [1.82, 2.24) is 14.5 Å². The second-order valence-electron chi connectivity index (χ2n) is 15.4. The summed E-state index contributed by atoms with van der Waals surface area (Å²) in [5.41, 5.74) is 5.15. The number of nitrogens with zero attached hydrogens (tertiary/aromatic N) is 5. The topological polar surface area (TPSA) is 133 Å². The minimum absolute atomic E-state index is 0.0746. The molecule has 6 heterocycles. The summed E-state index contributed by atoms with van der Waals surface area (Å²) in [5.74, 6) is 0.155. The van der Waals surface area contributed by atoms with E-state index in [9.17, 15) is 20.0 Å². The Balaban J connectivity index is 1.08. The summed E-state index contributed by atoms with van der Waals surface area (Å²) in [4.78, 5) is 37.7. The molecule has 3 aliphatic heterocycles. The second kappa shape index (κ2) is 12.9. The first-order valence-corrected chi connectivity index (χ1v) is 18.8. The minimum Gasteiger partial charge on any atom is -0.476 e. The number of carbonyl (C=O) groups is 2. The van der Waals surface area contributed by atoms with Crippen LogP contribution in [0.15, 0.2) is 60.7 Å². The number of para-hydroxylation sites is 1. The number of aromatic carboxylic acids is 1. The van der Waals surface area contributed by atoms with Gasteiger partial charge in [0.1, 0.15) is 17.6 Å². The van der Waals surface area contributed by atoms with Crippen LogP contribution in [0.2, 0.25) is 0 Å². The van der Waals surface area contributed by atoms with Gasteiger partial charge in [-0.25, -0.2) is 14.8 Å². The van der Waals surface area contributed by atoms with Crippen LogP contribution < -0.4 is 10.2 Å². The van der Waals surface area contributed by atoms with Crippen LogP contribution >= 0.6 is 11.3 Å². The van der Waals surface area contributed by atoms with Crippen molar-refractivity contribution in [3.8, 4) is 17.2 Å². The molecule has 0 spiro atoms. The molecule has 0 aliphatic carbocycles. The number of ether oxygens (including phenoxy) is 1. The highest BCUT2D eigenvalue weighted by Crippen LogP contribution is 2.51. The number of carbonyl (C=O) groups excluding carboxylic acids is 1. The van der Waals surface area contributed by atoms with Gasteiger partial charge in [-0.3, -0.25) is 10.1 Å². The first kappa shape index (κ1) is 34.1. The number of hydrogen-bond acceptors (Lipinski definition) is 8. The molecule has 0 saturated carbocycles. The van der Waals surface area contributed by atoms with E-state index in [2.05, 4.69) is 37.1 Å². The van der Waals surface area contributed by atoms with E-state index in [4.69, 9.17) is 9.72 Å². The third-order valence-corrected chi connectivity index (χ3v) is 12.1. The van der Waals surface area contributed by atoms with Gasteiger partial charge in [-0.15, -0.1) is 0 Å². The van der Waals surface area contributed by atoms with E-state index in [0.29, 0.717) is 71.2 Å². The molecule has 2 bridgehead atoms. The average Bonchev–Trinajstić information content (AvgIpc) is 3.65. The van der Waals surface area contributed by atoms with Gasteiger partial charge in [-0.05, 0) is 105 Å². The molecule has 11 heteroatoms. The standard InChI is InChI=1S/C41H42N6O4S/c1-24-17-40(4)18-25(2)20-41(19-24,51-40)23-47-26(3)31(16-28(47)21-42)29-12-13-35(44-36(29)38(49)50)46-15-14-27-8-7-9-30(32(27)22-46)37(48)45-39-43-33-10-5-6-11-34(33)52-39/h5-13,16,24-25H,14-15,17-20,22-23H2,1-4H3,(H,49,50)(H,43,45,48). The summed E-state index contributed by atoms with van der Waals surface area (Å²) >= 11 is 1.43. The summed E-state index contributed by atoms with van der Waals surface area (Å²) in [6.07, 6.45) is 4.58. The zero-order valence-electron chi connectivity index (χ0n) is 29.9. The second-order valence-corrected chi connectivity index (χ2v) is 16.4. The smallest absolute Gasteiger partial charge is 0.355 e. The van der Waals surface area contributed by atoms with Crippen LogP contribution in [0.25, 0.3) is 21.3 Å². The van der Waals surface area contributed by atoms with E-state index in [-0.39, 0.29) is 22.8 Å². The summed E-state index contributed by atoms with van der Waals surface area (Å²) in [6.45, 7) is 10.3. The molecule has 10 nitrogen and oxygen atoms in total. The van der Waals surface area contributed by atoms with Crippen LogP contribution in [-0.4, -0.2) is 49.3 Å². The maximum atomic E-state index is 13.6. The Morgan fingerprint density at radius 2 is 1.81 bits per heavy atom. The number of fused-ring (bicyclic) bond motifs is 4. The summed E-state index contributed by atoms with van der Waals surface area (Å²) in [6, 6.07) is 21.3. The van der Waals surface area contributed by atoms with Gasteiger partial charge < -0.3 is 19.3 Å². The Kier molecular flexibility index (Phi) is 8.43. The van der Waals surface area contributed by atoms with Gasteiger partial charge in [0.05, 0.1) is 28.0 Å². The van der Waals surface area contributed by atoms with Crippen molar-refractivity contribution in [1.29, 1.82) is 5.26 Å². The van der Waals surface area contributed by atoms with Crippen LogP contribution in [0.1, 0.15) is 89.8 Å². The number of carboxylic acid groups (broad SMARTS) is 1.